The van der Waals surface area contributed by atoms with Gasteiger partial charge >= 0.3 is 12.1 Å². The van der Waals surface area contributed by atoms with E-state index in [1.165, 1.54) is 5.01 Å². The number of ether oxygens (including phenoxy) is 2. The summed E-state index contributed by atoms with van der Waals surface area (Å²) in [5.41, 5.74) is 2.31. The predicted octanol–water partition coefficient (Wildman–Crippen LogP) is 1.70. The van der Waals surface area contributed by atoms with Crippen LogP contribution in [-0.4, -0.2) is 42.4 Å². The molecule has 6 heteroatoms. The molecule has 1 fully saturated rings. The van der Waals surface area contributed by atoms with E-state index in [4.69, 9.17) is 9.47 Å². The fraction of sp³-hybridized carbons (Fsp3) is 0.846. The molecule has 1 atom stereocenters. The lowest BCUT2D eigenvalue weighted by Gasteiger charge is -2.27. The first-order valence-corrected chi connectivity index (χ1v) is 6.64. The van der Waals surface area contributed by atoms with Gasteiger partial charge in [0.1, 0.15) is 11.6 Å². The Morgan fingerprint density at radius 3 is 2.37 bits per heavy atom. The molecule has 0 radical (unpaired) electrons. The Hall–Kier alpha value is -1.30. The second-order valence-corrected chi connectivity index (χ2v) is 5.74. The molecule has 0 bridgehead atoms. The van der Waals surface area contributed by atoms with Crippen LogP contribution in [0.25, 0.3) is 0 Å². The molecule has 1 saturated carbocycles. The van der Waals surface area contributed by atoms with Crippen molar-refractivity contribution in [1.82, 2.24) is 10.4 Å². The number of rotatable bonds is 5. The number of carbonyl (C=O) groups excluding carboxylic acids is 2. The van der Waals surface area contributed by atoms with E-state index in [9.17, 15) is 9.59 Å². The topological polar surface area (TPSA) is 67.9 Å². The number of amides is 1. The highest BCUT2D eigenvalue weighted by atomic mass is 16.6. The molecular formula is C13H24N2O4. The maximum atomic E-state index is 11.8. The molecule has 0 spiro atoms. The first-order chi connectivity index (χ1) is 8.74. The molecule has 1 aliphatic rings. The van der Waals surface area contributed by atoms with Crippen molar-refractivity contribution in [2.75, 3.05) is 13.7 Å². The fourth-order valence-electron chi connectivity index (χ4n) is 1.60. The second kappa shape index (κ2) is 6.23. The minimum absolute atomic E-state index is 0.240. The van der Waals surface area contributed by atoms with Crippen LogP contribution >= 0.6 is 0 Å². The minimum Gasteiger partial charge on any atom is -0.465 e. The van der Waals surface area contributed by atoms with Crippen molar-refractivity contribution in [3.8, 4) is 0 Å². The summed E-state index contributed by atoms with van der Waals surface area (Å²) in [7, 11) is 1.54. The number of esters is 1. The van der Waals surface area contributed by atoms with Crippen molar-refractivity contribution >= 4 is 12.1 Å². The van der Waals surface area contributed by atoms with Gasteiger partial charge in [-0.25, -0.2) is 15.2 Å². The molecule has 1 amide bonds. The molecule has 0 aromatic carbocycles. The average Bonchev–Trinajstić information content (AvgIpc) is 3.07. The maximum Gasteiger partial charge on any atom is 0.424 e. The third kappa shape index (κ3) is 5.46. The highest BCUT2D eigenvalue weighted by molar-refractivity contribution is 5.77. The van der Waals surface area contributed by atoms with Crippen LogP contribution in [0.4, 0.5) is 4.79 Å². The zero-order chi connectivity index (χ0) is 14.6. The Morgan fingerprint density at radius 2 is 1.95 bits per heavy atom. The van der Waals surface area contributed by atoms with Gasteiger partial charge in [0, 0.05) is 7.05 Å². The van der Waals surface area contributed by atoms with E-state index in [0.717, 1.165) is 12.8 Å². The molecule has 6 nitrogen and oxygen atoms in total. The van der Waals surface area contributed by atoms with Crippen LogP contribution in [0.2, 0.25) is 0 Å². The molecule has 0 heterocycles. The number of hydrogen-bond donors (Lipinski definition) is 1. The number of nitrogens with one attached hydrogen (secondary N) is 1. The van der Waals surface area contributed by atoms with E-state index in [1.54, 1.807) is 34.7 Å². The summed E-state index contributed by atoms with van der Waals surface area (Å²) < 4.78 is 10.2. The van der Waals surface area contributed by atoms with Gasteiger partial charge in [0.25, 0.3) is 0 Å². The maximum absolute atomic E-state index is 11.8. The molecule has 0 saturated heterocycles. The molecule has 19 heavy (non-hydrogen) atoms. The van der Waals surface area contributed by atoms with E-state index in [0.29, 0.717) is 6.61 Å². The number of hydrogen-bond acceptors (Lipinski definition) is 5. The molecule has 0 aromatic heterocycles. The van der Waals surface area contributed by atoms with Crippen molar-refractivity contribution in [2.45, 2.75) is 52.2 Å². The zero-order valence-electron chi connectivity index (χ0n) is 12.4. The van der Waals surface area contributed by atoms with Gasteiger partial charge < -0.3 is 9.47 Å². The van der Waals surface area contributed by atoms with Crippen LogP contribution in [0.5, 0.6) is 0 Å². The van der Waals surface area contributed by atoms with Crippen LogP contribution in [0.1, 0.15) is 40.5 Å². The Morgan fingerprint density at radius 1 is 1.37 bits per heavy atom. The van der Waals surface area contributed by atoms with Crippen molar-refractivity contribution in [2.24, 2.45) is 5.92 Å². The summed E-state index contributed by atoms with van der Waals surface area (Å²) in [5.74, 6) is -0.0793. The molecule has 0 aliphatic heterocycles. The summed E-state index contributed by atoms with van der Waals surface area (Å²) in [4.78, 5) is 23.6. The van der Waals surface area contributed by atoms with Gasteiger partial charge in [-0.2, -0.15) is 0 Å². The highest BCUT2D eigenvalue weighted by Crippen LogP contribution is 2.33. The monoisotopic (exact) mass is 272 g/mol. The third-order valence-electron chi connectivity index (χ3n) is 2.63. The SMILES string of the molecule is CCOC(=O)C(NN(C)C(=O)OC(C)(C)C)C1CC1. The number of nitrogens with zero attached hydrogens (tertiary/aromatic N) is 1. The van der Waals surface area contributed by atoms with E-state index in [1.807, 2.05) is 0 Å². The molecule has 1 unspecified atom stereocenters. The van der Waals surface area contributed by atoms with Crippen LogP contribution in [0, 0.1) is 5.92 Å². The normalized spacial score (nSPS) is 16.7. The zero-order valence-corrected chi connectivity index (χ0v) is 12.4. The fourth-order valence-corrected chi connectivity index (χ4v) is 1.60. The lowest BCUT2D eigenvalue weighted by molar-refractivity contribution is -0.147. The molecule has 110 valence electrons. The first-order valence-electron chi connectivity index (χ1n) is 6.64. The smallest absolute Gasteiger partial charge is 0.424 e. The predicted molar refractivity (Wildman–Crippen MR) is 70.3 cm³/mol. The van der Waals surface area contributed by atoms with Crippen molar-refractivity contribution in [1.29, 1.82) is 0 Å². The van der Waals surface area contributed by atoms with Gasteiger partial charge in [-0.05, 0) is 46.5 Å². The van der Waals surface area contributed by atoms with Gasteiger partial charge in [-0.1, -0.05) is 0 Å². The Bertz CT molecular complexity index is 334. The quantitative estimate of drug-likeness (QED) is 0.609. The van der Waals surface area contributed by atoms with E-state index >= 15 is 0 Å². The summed E-state index contributed by atoms with van der Waals surface area (Å²) >= 11 is 0. The van der Waals surface area contributed by atoms with E-state index in [2.05, 4.69) is 5.43 Å². The molecule has 0 aromatic rings. The van der Waals surface area contributed by atoms with Crippen molar-refractivity contribution in [3.63, 3.8) is 0 Å². The Kier molecular flexibility index (Phi) is 5.17. The third-order valence-corrected chi connectivity index (χ3v) is 2.63. The van der Waals surface area contributed by atoms with Gasteiger partial charge in [-0.3, -0.25) is 4.79 Å². The molecule has 1 N–H and O–H groups in total. The van der Waals surface area contributed by atoms with Crippen molar-refractivity contribution < 1.29 is 19.1 Å². The Labute approximate surface area is 114 Å². The standard InChI is InChI=1S/C13H24N2O4/c1-6-18-11(16)10(9-7-8-9)14-15(5)12(17)19-13(2,3)4/h9-10,14H,6-8H2,1-5H3. The van der Waals surface area contributed by atoms with Crippen LogP contribution in [-0.2, 0) is 14.3 Å². The molecule has 1 aliphatic carbocycles. The van der Waals surface area contributed by atoms with E-state index < -0.39 is 17.7 Å². The molecular weight excluding hydrogens is 248 g/mol. The summed E-state index contributed by atoms with van der Waals surface area (Å²) in [5, 5.41) is 1.21. The van der Waals surface area contributed by atoms with Crippen molar-refractivity contribution in [3.05, 3.63) is 0 Å². The van der Waals surface area contributed by atoms with Gasteiger partial charge in [-0.15, -0.1) is 0 Å². The lowest BCUT2D eigenvalue weighted by atomic mass is 10.2. The number of hydrazine groups is 1. The lowest BCUT2D eigenvalue weighted by Crippen LogP contribution is -2.52. The minimum atomic E-state index is -0.563. The summed E-state index contributed by atoms with van der Waals surface area (Å²) in [6.45, 7) is 7.48. The van der Waals surface area contributed by atoms with Gasteiger partial charge in [0.2, 0.25) is 0 Å². The highest BCUT2D eigenvalue weighted by Gasteiger charge is 2.38. The Balaban J connectivity index is 2.54. The van der Waals surface area contributed by atoms with Gasteiger partial charge in [0.05, 0.1) is 6.61 Å². The first kappa shape index (κ1) is 15.8. The van der Waals surface area contributed by atoms with E-state index in [-0.39, 0.29) is 11.9 Å². The summed E-state index contributed by atoms with van der Waals surface area (Å²) in [6, 6.07) is -0.475. The largest absolute Gasteiger partial charge is 0.465 e. The summed E-state index contributed by atoms with van der Waals surface area (Å²) in [6.07, 6.45) is 1.43. The average molecular weight is 272 g/mol. The van der Waals surface area contributed by atoms with Gasteiger partial charge in [0.15, 0.2) is 0 Å². The number of carbonyl (C=O) groups is 2. The second-order valence-electron chi connectivity index (χ2n) is 5.74. The van der Waals surface area contributed by atoms with Crippen LogP contribution in [0.15, 0.2) is 0 Å². The molecule has 1 rings (SSSR count). The van der Waals surface area contributed by atoms with Crippen LogP contribution < -0.4 is 5.43 Å². The van der Waals surface area contributed by atoms with Crippen LogP contribution in [0.3, 0.4) is 0 Å².